The highest BCUT2D eigenvalue weighted by Gasteiger charge is 2.38. The molecule has 0 radical (unpaired) electrons. The maximum Gasteiger partial charge on any atom is 0.140 e. The Bertz CT molecular complexity index is 351. The van der Waals surface area contributed by atoms with Crippen molar-refractivity contribution in [2.45, 2.75) is 39.0 Å². The molecule has 1 nitrogen and oxygen atoms in total. The summed E-state index contributed by atoms with van der Waals surface area (Å²) in [5, 5.41) is 0. The lowest BCUT2D eigenvalue weighted by molar-refractivity contribution is -0.125. The molecule has 0 aliphatic heterocycles. The van der Waals surface area contributed by atoms with Crippen LogP contribution in [-0.4, -0.2) is 5.78 Å². The van der Waals surface area contributed by atoms with Gasteiger partial charge in [-0.25, -0.2) is 0 Å². The van der Waals surface area contributed by atoms with Gasteiger partial charge in [-0.05, 0) is 23.8 Å². The summed E-state index contributed by atoms with van der Waals surface area (Å²) in [5.74, 6) is 0.518. The molecule has 0 unspecified atom stereocenters. The minimum Gasteiger partial charge on any atom is -0.299 e. The van der Waals surface area contributed by atoms with Gasteiger partial charge in [0.15, 0.2) is 0 Å². The fourth-order valence-electron chi connectivity index (χ4n) is 2.73. The van der Waals surface area contributed by atoms with Crippen molar-refractivity contribution in [1.82, 2.24) is 0 Å². The average molecular weight is 202 g/mol. The summed E-state index contributed by atoms with van der Waals surface area (Å²) in [6.45, 7) is 4.42. The molecule has 0 aromatic heterocycles. The predicted molar refractivity (Wildman–Crippen MR) is 61.8 cm³/mol. The number of carbonyl (C=O) groups is 1. The largest absolute Gasteiger partial charge is 0.299 e. The van der Waals surface area contributed by atoms with Crippen LogP contribution < -0.4 is 0 Å². The molecule has 0 amide bonds. The summed E-state index contributed by atoms with van der Waals surface area (Å²) in [6, 6.07) is 10.2. The fraction of sp³-hybridized carbons (Fsp3) is 0.500. The molecule has 1 saturated carbocycles. The average Bonchev–Trinajstić information content (AvgIpc) is 2.17. The van der Waals surface area contributed by atoms with Gasteiger partial charge in [0.1, 0.15) is 5.78 Å². The van der Waals surface area contributed by atoms with Gasteiger partial charge in [0, 0.05) is 12.3 Å². The van der Waals surface area contributed by atoms with Gasteiger partial charge in [0.2, 0.25) is 0 Å². The lowest BCUT2D eigenvalue weighted by Crippen LogP contribution is -2.33. The lowest BCUT2D eigenvalue weighted by atomic mass is 9.65. The molecule has 1 aliphatic carbocycles. The third-order valence-corrected chi connectivity index (χ3v) is 3.48. The quantitative estimate of drug-likeness (QED) is 0.680. The van der Waals surface area contributed by atoms with Crippen molar-refractivity contribution >= 4 is 5.78 Å². The molecule has 1 aromatic rings. The molecule has 1 atom stereocenters. The third-order valence-electron chi connectivity index (χ3n) is 3.48. The molecule has 0 spiro atoms. The van der Waals surface area contributed by atoms with E-state index in [4.69, 9.17) is 0 Å². The first-order valence-electron chi connectivity index (χ1n) is 5.69. The van der Waals surface area contributed by atoms with Crippen LogP contribution in [0.25, 0.3) is 0 Å². The number of rotatable bonds is 1. The minimum absolute atomic E-state index is 0.104. The van der Waals surface area contributed by atoms with Crippen LogP contribution in [0.5, 0.6) is 0 Å². The first-order valence-corrected chi connectivity index (χ1v) is 5.69. The molecule has 0 saturated heterocycles. The second kappa shape index (κ2) is 3.80. The molecule has 0 heterocycles. The Balaban J connectivity index is 2.36. The monoisotopic (exact) mass is 202 g/mol. The summed E-state index contributed by atoms with van der Waals surface area (Å²) in [6.07, 6.45) is 2.95. The van der Waals surface area contributed by atoms with Gasteiger partial charge < -0.3 is 0 Å². The zero-order valence-electron chi connectivity index (χ0n) is 9.49. The van der Waals surface area contributed by atoms with E-state index in [9.17, 15) is 4.79 Å². The van der Waals surface area contributed by atoms with E-state index in [1.165, 1.54) is 5.56 Å². The Labute approximate surface area is 91.5 Å². The standard InChI is InChI=1S/C14H18O/c1-14(2)10-6-9-12(15)13(14)11-7-4-3-5-8-11/h3-5,7-8,13H,6,9-10H2,1-2H3/t13-/m0/s1. The van der Waals surface area contributed by atoms with Crippen molar-refractivity contribution < 1.29 is 4.79 Å². The molecule has 1 aliphatic rings. The summed E-state index contributed by atoms with van der Waals surface area (Å²) in [5.41, 5.74) is 1.31. The molecule has 1 fully saturated rings. The topological polar surface area (TPSA) is 17.1 Å². The van der Waals surface area contributed by atoms with Crippen LogP contribution in [0.4, 0.5) is 0 Å². The van der Waals surface area contributed by atoms with Gasteiger partial charge >= 0.3 is 0 Å². The first-order chi connectivity index (χ1) is 7.11. The summed E-state index contributed by atoms with van der Waals surface area (Å²) >= 11 is 0. The molecule has 80 valence electrons. The van der Waals surface area contributed by atoms with E-state index in [2.05, 4.69) is 26.0 Å². The highest BCUT2D eigenvalue weighted by molar-refractivity contribution is 5.87. The van der Waals surface area contributed by atoms with Crippen molar-refractivity contribution in [3.63, 3.8) is 0 Å². The number of benzene rings is 1. The Hall–Kier alpha value is -1.11. The van der Waals surface area contributed by atoms with Crippen LogP contribution in [-0.2, 0) is 4.79 Å². The fourth-order valence-corrected chi connectivity index (χ4v) is 2.73. The van der Waals surface area contributed by atoms with Gasteiger partial charge in [0.25, 0.3) is 0 Å². The molecule has 0 bridgehead atoms. The van der Waals surface area contributed by atoms with Crippen LogP contribution in [0.3, 0.4) is 0 Å². The Morgan fingerprint density at radius 2 is 1.87 bits per heavy atom. The van der Waals surface area contributed by atoms with E-state index in [1.807, 2.05) is 18.2 Å². The van der Waals surface area contributed by atoms with Gasteiger partial charge in [0.05, 0.1) is 0 Å². The van der Waals surface area contributed by atoms with E-state index in [-0.39, 0.29) is 11.3 Å². The van der Waals surface area contributed by atoms with Crippen LogP contribution in [0, 0.1) is 5.41 Å². The van der Waals surface area contributed by atoms with Gasteiger partial charge in [-0.15, -0.1) is 0 Å². The zero-order chi connectivity index (χ0) is 10.9. The predicted octanol–water partition coefficient (Wildman–Crippen LogP) is 3.55. The number of hydrogen-bond donors (Lipinski definition) is 0. The number of Topliss-reactive ketones (excluding diaryl/α,β-unsaturated/α-hetero) is 1. The third kappa shape index (κ3) is 1.97. The van der Waals surface area contributed by atoms with E-state index in [0.717, 1.165) is 19.3 Å². The van der Waals surface area contributed by atoms with Gasteiger partial charge in [-0.2, -0.15) is 0 Å². The second-order valence-electron chi connectivity index (χ2n) is 5.15. The van der Waals surface area contributed by atoms with Crippen molar-refractivity contribution in [2.24, 2.45) is 5.41 Å². The maximum atomic E-state index is 12.0. The summed E-state index contributed by atoms with van der Waals surface area (Å²) < 4.78 is 0. The summed E-state index contributed by atoms with van der Waals surface area (Å²) in [7, 11) is 0. The molecule has 0 N–H and O–H groups in total. The van der Waals surface area contributed by atoms with E-state index < -0.39 is 0 Å². The van der Waals surface area contributed by atoms with Crippen molar-refractivity contribution in [3.8, 4) is 0 Å². The smallest absolute Gasteiger partial charge is 0.140 e. The van der Waals surface area contributed by atoms with Crippen molar-refractivity contribution in [3.05, 3.63) is 35.9 Å². The number of ketones is 1. The second-order valence-corrected chi connectivity index (χ2v) is 5.15. The Kier molecular flexibility index (Phi) is 2.64. The Morgan fingerprint density at radius 1 is 1.20 bits per heavy atom. The SMILES string of the molecule is CC1(C)CCCC(=O)[C@@H]1c1ccccc1. The van der Waals surface area contributed by atoms with Crippen molar-refractivity contribution in [1.29, 1.82) is 0 Å². The highest BCUT2D eigenvalue weighted by atomic mass is 16.1. The van der Waals surface area contributed by atoms with Crippen molar-refractivity contribution in [2.75, 3.05) is 0 Å². The van der Waals surface area contributed by atoms with Gasteiger partial charge in [-0.1, -0.05) is 44.2 Å². The summed E-state index contributed by atoms with van der Waals surface area (Å²) in [4.78, 5) is 12.0. The maximum absolute atomic E-state index is 12.0. The van der Waals surface area contributed by atoms with E-state index >= 15 is 0 Å². The number of carbonyl (C=O) groups excluding carboxylic acids is 1. The van der Waals surface area contributed by atoms with E-state index in [1.54, 1.807) is 0 Å². The molecule has 15 heavy (non-hydrogen) atoms. The molecule has 1 aromatic carbocycles. The van der Waals surface area contributed by atoms with Crippen LogP contribution in [0.15, 0.2) is 30.3 Å². The number of hydrogen-bond acceptors (Lipinski definition) is 1. The minimum atomic E-state index is 0.104. The van der Waals surface area contributed by atoms with Crippen LogP contribution >= 0.6 is 0 Å². The van der Waals surface area contributed by atoms with Gasteiger partial charge in [-0.3, -0.25) is 4.79 Å². The van der Waals surface area contributed by atoms with Crippen LogP contribution in [0.1, 0.15) is 44.6 Å². The highest BCUT2D eigenvalue weighted by Crippen LogP contribution is 2.44. The molecular formula is C14H18O. The molecule has 2 rings (SSSR count). The normalized spacial score (nSPS) is 25.2. The van der Waals surface area contributed by atoms with E-state index in [0.29, 0.717) is 5.78 Å². The first kappa shape index (κ1) is 10.4. The lowest BCUT2D eigenvalue weighted by Gasteiger charge is -2.37. The Morgan fingerprint density at radius 3 is 2.47 bits per heavy atom. The van der Waals surface area contributed by atoms with Crippen LogP contribution in [0.2, 0.25) is 0 Å². The molecule has 1 heteroatoms. The zero-order valence-corrected chi connectivity index (χ0v) is 9.49. The molecular weight excluding hydrogens is 184 g/mol.